The Morgan fingerprint density at radius 2 is 1.82 bits per heavy atom. The molecule has 0 bridgehead atoms. The van der Waals surface area contributed by atoms with Crippen molar-refractivity contribution in [1.29, 1.82) is 0 Å². The highest BCUT2D eigenvalue weighted by Gasteiger charge is 1.99. The minimum Gasteiger partial charge on any atom is -0.381 e. The lowest BCUT2D eigenvalue weighted by Gasteiger charge is -2.07. The highest BCUT2D eigenvalue weighted by atomic mass is 79.9. The van der Waals surface area contributed by atoms with Crippen LogP contribution in [0, 0.1) is 12.7 Å². The number of hydrogen-bond donors (Lipinski definition) is 1. The van der Waals surface area contributed by atoms with Crippen LogP contribution in [-0.2, 0) is 6.54 Å². The molecule has 2 aromatic rings. The lowest BCUT2D eigenvalue weighted by molar-refractivity contribution is 0.616. The molecule has 1 N–H and O–H groups in total. The van der Waals surface area contributed by atoms with Gasteiger partial charge in [-0.05, 0) is 48.4 Å². The molecule has 3 heteroatoms. The van der Waals surface area contributed by atoms with Gasteiger partial charge >= 0.3 is 0 Å². The number of rotatable bonds is 3. The first-order valence-electron chi connectivity index (χ1n) is 5.39. The lowest BCUT2D eigenvalue weighted by Crippen LogP contribution is -2.00. The molecule has 0 heterocycles. The first kappa shape index (κ1) is 12.1. The van der Waals surface area contributed by atoms with Crippen LogP contribution in [0.2, 0.25) is 0 Å². The van der Waals surface area contributed by atoms with Crippen molar-refractivity contribution in [3.8, 4) is 0 Å². The van der Waals surface area contributed by atoms with Gasteiger partial charge in [-0.15, -0.1) is 0 Å². The van der Waals surface area contributed by atoms with Crippen LogP contribution in [0.3, 0.4) is 0 Å². The van der Waals surface area contributed by atoms with Gasteiger partial charge in [-0.1, -0.05) is 28.1 Å². The second-order valence-corrected chi connectivity index (χ2v) is 4.86. The fourth-order valence-corrected chi connectivity index (χ4v) is 1.78. The van der Waals surface area contributed by atoms with Crippen molar-refractivity contribution >= 4 is 21.6 Å². The van der Waals surface area contributed by atoms with Gasteiger partial charge in [0.25, 0.3) is 0 Å². The zero-order valence-electron chi connectivity index (χ0n) is 9.50. The predicted molar refractivity (Wildman–Crippen MR) is 72.6 cm³/mol. The standard InChI is InChI=1S/C14H13BrFN/c1-10-2-3-11(8-14(10)16)9-17-13-6-4-12(15)5-7-13/h2-8,17H,9H2,1H3. The van der Waals surface area contributed by atoms with E-state index in [1.807, 2.05) is 30.3 Å². The Kier molecular flexibility index (Phi) is 3.79. The van der Waals surface area contributed by atoms with E-state index in [4.69, 9.17) is 0 Å². The van der Waals surface area contributed by atoms with E-state index in [0.29, 0.717) is 12.1 Å². The van der Waals surface area contributed by atoms with Crippen LogP contribution in [0.1, 0.15) is 11.1 Å². The summed E-state index contributed by atoms with van der Waals surface area (Å²) in [5.74, 6) is -0.153. The van der Waals surface area contributed by atoms with E-state index in [1.54, 1.807) is 19.1 Å². The van der Waals surface area contributed by atoms with E-state index in [0.717, 1.165) is 15.7 Å². The van der Waals surface area contributed by atoms with Crippen LogP contribution < -0.4 is 5.32 Å². The first-order valence-corrected chi connectivity index (χ1v) is 6.19. The van der Waals surface area contributed by atoms with Crippen molar-refractivity contribution in [2.24, 2.45) is 0 Å². The minimum atomic E-state index is -0.153. The highest BCUT2D eigenvalue weighted by Crippen LogP contribution is 2.16. The number of aryl methyl sites for hydroxylation is 1. The van der Waals surface area contributed by atoms with Crippen molar-refractivity contribution in [1.82, 2.24) is 0 Å². The zero-order chi connectivity index (χ0) is 12.3. The molecule has 1 nitrogen and oxygen atoms in total. The fourth-order valence-electron chi connectivity index (χ4n) is 1.52. The van der Waals surface area contributed by atoms with Crippen molar-refractivity contribution < 1.29 is 4.39 Å². The molecular formula is C14H13BrFN. The van der Waals surface area contributed by atoms with E-state index >= 15 is 0 Å². The molecule has 2 rings (SSSR count). The van der Waals surface area contributed by atoms with Crippen molar-refractivity contribution in [2.45, 2.75) is 13.5 Å². The Balaban J connectivity index is 2.02. The molecule has 2 aromatic carbocycles. The highest BCUT2D eigenvalue weighted by molar-refractivity contribution is 9.10. The summed E-state index contributed by atoms with van der Waals surface area (Å²) in [6, 6.07) is 13.2. The van der Waals surface area contributed by atoms with Crippen LogP contribution in [0.5, 0.6) is 0 Å². The van der Waals surface area contributed by atoms with Crippen LogP contribution in [0.25, 0.3) is 0 Å². The van der Waals surface area contributed by atoms with Gasteiger partial charge in [0.1, 0.15) is 5.82 Å². The average Bonchev–Trinajstić information content (AvgIpc) is 2.33. The van der Waals surface area contributed by atoms with Gasteiger partial charge in [0.15, 0.2) is 0 Å². The molecule has 0 atom stereocenters. The average molecular weight is 294 g/mol. The predicted octanol–water partition coefficient (Wildman–Crippen LogP) is 4.51. The van der Waals surface area contributed by atoms with E-state index in [-0.39, 0.29) is 5.82 Å². The van der Waals surface area contributed by atoms with Crippen LogP contribution >= 0.6 is 15.9 Å². The molecule has 0 fully saturated rings. The number of hydrogen-bond acceptors (Lipinski definition) is 1. The summed E-state index contributed by atoms with van der Waals surface area (Å²) < 4.78 is 14.4. The summed E-state index contributed by atoms with van der Waals surface area (Å²) in [6.45, 7) is 2.39. The zero-order valence-corrected chi connectivity index (χ0v) is 11.1. The monoisotopic (exact) mass is 293 g/mol. The van der Waals surface area contributed by atoms with E-state index in [9.17, 15) is 4.39 Å². The number of halogens is 2. The Bertz CT molecular complexity index is 508. The second kappa shape index (κ2) is 5.32. The third kappa shape index (κ3) is 3.30. The smallest absolute Gasteiger partial charge is 0.126 e. The van der Waals surface area contributed by atoms with E-state index in [1.165, 1.54) is 0 Å². The molecule has 0 radical (unpaired) electrons. The Hall–Kier alpha value is -1.35. The summed E-state index contributed by atoms with van der Waals surface area (Å²) >= 11 is 3.38. The number of benzene rings is 2. The maximum absolute atomic E-state index is 13.3. The third-order valence-electron chi connectivity index (χ3n) is 2.58. The van der Waals surface area contributed by atoms with Gasteiger partial charge in [-0.25, -0.2) is 4.39 Å². The van der Waals surface area contributed by atoms with Gasteiger partial charge in [0.05, 0.1) is 0 Å². The van der Waals surface area contributed by atoms with Crippen LogP contribution in [0.15, 0.2) is 46.9 Å². The van der Waals surface area contributed by atoms with E-state index in [2.05, 4.69) is 21.2 Å². The molecule has 0 aromatic heterocycles. The lowest BCUT2D eigenvalue weighted by atomic mass is 10.1. The topological polar surface area (TPSA) is 12.0 Å². The van der Waals surface area contributed by atoms with Crippen molar-refractivity contribution in [2.75, 3.05) is 5.32 Å². The maximum Gasteiger partial charge on any atom is 0.126 e. The molecule has 0 saturated heterocycles. The van der Waals surface area contributed by atoms with Gasteiger partial charge in [0.2, 0.25) is 0 Å². The number of anilines is 1. The summed E-state index contributed by atoms with van der Waals surface area (Å²) in [4.78, 5) is 0. The molecule has 0 aliphatic rings. The summed E-state index contributed by atoms with van der Waals surface area (Å²) in [7, 11) is 0. The second-order valence-electron chi connectivity index (χ2n) is 3.94. The summed E-state index contributed by atoms with van der Waals surface area (Å²) in [5, 5.41) is 3.25. The van der Waals surface area contributed by atoms with Crippen molar-refractivity contribution in [3.05, 3.63) is 63.9 Å². The molecule has 0 aliphatic heterocycles. The van der Waals surface area contributed by atoms with Gasteiger partial charge in [-0.2, -0.15) is 0 Å². The van der Waals surface area contributed by atoms with Crippen LogP contribution in [-0.4, -0.2) is 0 Å². The largest absolute Gasteiger partial charge is 0.381 e. The molecule has 0 aliphatic carbocycles. The van der Waals surface area contributed by atoms with E-state index < -0.39 is 0 Å². The Morgan fingerprint density at radius 3 is 2.47 bits per heavy atom. The van der Waals surface area contributed by atoms with Gasteiger partial charge in [0, 0.05) is 16.7 Å². The molecule has 0 spiro atoms. The molecule has 0 saturated carbocycles. The third-order valence-corrected chi connectivity index (χ3v) is 3.11. The van der Waals surface area contributed by atoms with Crippen molar-refractivity contribution in [3.63, 3.8) is 0 Å². The Morgan fingerprint density at radius 1 is 1.12 bits per heavy atom. The molecule has 17 heavy (non-hydrogen) atoms. The molecule has 88 valence electrons. The SMILES string of the molecule is Cc1ccc(CNc2ccc(Br)cc2)cc1F. The maximum atomic E-state index is 13.3. The quantitative estimate of drug-likeness (QED) is 0.878. The van der Waals surface area contributed by atoms with Gasteiger partial charge < -0.3 is 5.32 Å². The summed E-state index contributed by atoms with van der Waals surface area (Å²) in [6.07, 6.45) is 0. The molecule has 0 amide bonds. The first-order chi connectivity index (χ1) is 8.15. The van der Waals surface area contributed by atoms with Gasteiger partial charge in [-0.3, -0.25) is 0 Å². The van der Waals surface area contributed by atoms with Crippen LogP contribution in [0.4, 0.5) is 10.1 Å². The fraction of sp³-hybridized carbons (Fsp3) is 0.143. The summed E-state index contributed by atoms with van der Waals surface area (Å²) in [5.41, 5.74) is 2.64. The molecular weight excluding hydrogens is 281 g/mol. The molecule has 0 unspecified atom stereocenters. The minimum absolute atomic E-state index is 0.153. The Labute approximate surface area is 109 Å². The number of nitrogens with one attached hydrogen (secondary N) is 1. The normalized spacial score (nSPS) is 10.3.